The van der Waals surface area contributed by atoms with Crippen LogP contribution in [0.15, 0.2) is 5.10 Å². The third-order valence-corrected chi connectivity index (χ3v) is 2.48. The maximum atomic E-state index is 4.52. The van der Waals surface area contributed by atoms with Crippen LogP contribution >= 0.6 is 0 Å². The molecule has 2 heteroatoms. The zero-order valence-corrected chi connectivity index (χ0v) is 9.90. The minimum atomic E-state index is 0.107. The monoisotopic (exact) mass is 196 g/mol. The van der Waals surface area contributed by atoms with E-state index in [1.54, 1.807) is 0 Å². The molecular weight excluding hydrogens is 172 g/mol. The Kier molecular flexibility index (Phi) is 4.43. The molecule has 0 unspecified atom stereocenters. The highest BCUT2D eigenvalue weighted by molar-refractivity contribution is 5.84. The van der Waals surface area contributed by atoms with E-state index in [2.05, 4.69) is 31.3 Å². The van der Waals surface area contributed by atoms with Crippen LogP contribution in [0.1, 0.15) is 65.7 Å². The van der Waals surface area contributed by atoms with Crippen LogP contribution in [0.3, 0.4) is 0 Å². The second-order valence-corrected chi connectivity index (χ2v) is 5.31. The average molecular weight is 196 g/mol. The molecule has 0 aromatic heterocycles. The Balaban J connectivity index is 2.39. The number of hydrazone groups is 1. The van der Waals surface area contributed by atoms with Gasteiger partial charge < -0.3 is 5.43 Å². The Morgan fingerprint density at radius 1 is 0.929 bits per heavy atom. The van der Waals surface area contributed by atoms with Crippen molar-refractivity contribution in [3.63, 3.8) is 0 Å². The van der Waals surface area contributed by atoms with Crippen LogP contribution in [-0.2, 0) is 0 Å². The molecule has 1 fully saturated rings. The van der Waals surface area contributed by atoms with E-state index in [-0.39, 0.29) is 5.54 Å². The first-order valence-electron chi connectivity index (χ1n) is 5.90. The van der Waals surface area contributed by atoms with Gasteiger partial charge in [-0.05, 0) is 46.5 Å². The fourth-order valence-electron chi connectivity index (χ4n) is 1.67. The predicted molar refractivity (Wildman–Crippen MR) is 62.6 cm³/mol. The lowest BCUT2D eigenvalue weighted by atomic mass is 9.99. The van der Waals surface area contributed by atoms with E-state index in [4.69, 9.17) is 0 Å². The van der Waals surface area contributed by atoms with Crippen molar-refractivity contribution in [2.75, 3.05) is 0 Å². The highest BCUT2D eigenvalue weighted by Crippen LogP contribution is 2.15. The quantitative estimate of drug-likeness (QED) is 0.638. The fraction of sp³-hybridized carbons (Fsp3) is 0.917. The van der Waals surface area contributed by atoms with Crippen LogP contribution in [0.5, 0.6) is 0 Å². The molecule has 0 bridgehead atoms. The standard InChI is InChI=1S/C12H24N2/c1-12(2,3)14-13-11-9-7-5-4-6-8-10-11/h14H,4-10H2,1-3H3. The fourth-order valence-corrected chi connectivity index (χ4v) is 1.67. The first kappa shape index (κ1) is 11.5. The lowest BCUT2D eigenvalue weighted by Crippen LogP contribution is -2.32. The Labute approximate surface area is 88.2 Å². The van der Waals surface area contributed by atoms with Gasteiger partial charge in [0.1, 0.15) is 0 Å². The molecule has 1 saturated carbocycles. The van der Waals surface area contributed by atoms with Crippen molar-refractivity contribution in [2.24, 2.45) is 5.10 Å². The van der Waals surface area contributed by atoms with Gasteiger partial charge in [-0.25, -0.2) is 0 Å². The first-order chi connectivity index (χ1) is 6.58. The summed E-state index contributed by atoms with van der Waals surface area (Å²) >= 11 is 0. The maximum absolute atomic E-state index is 4.52. The smallest absolute Gasteiger partial charge is 0.0464 e. The van der Waals surface area contributed by atoms with Crippen molar-refractivity contribution >= 4 is 5.71 Å². The van der Waals surface area contributed by atoms with Gasteiger partial charge in [0, 0.05) is 11.3 Å². The van der Waals surface area contributed by atoms with Crippen LogP contribution in [0.2, 0.25) is 0 Å². The Morgan fingerprint density at radius 3 is 1.93 bits per heavy atom. The molecule has 1 rings (SSSR count). The SMILES string of the molecule is CC(C)(C)NN=C1CCCCCCC1. The van der Waals surface area contributed by atoms with Gasteiger partial charge in [-0.1, -0.05) is 19.3 Å². The number of nitrogens with zero attached hydrogens (tertiary/aromatic N) is 1. The lowest BCUT2D eigenvalue weighted by Gasteiger charge is -2.19. The first-order valence-corrected chi connectivity index (χ1v) is 5.90. The molecule has 1 aliphatic carbocycles. The van der Waals surface area contributed by atoms with Gasteiger partial charge in [0.25, 0.3) is 0 Å². The normalized spacial score (nSPS) is 19.8. The summed E-state index contributed by atoms with van der Waals surface area (Å²) in [5.41, 5.74) is 4.71. The summed E-state index contributed by atoms with van der Waals surface area (Å²) in [5.74, 6) is 0. The molecule has 0 aromatic rings. The van der Waals surface area contributed by atoms with E-state index < -0.39 is 0 Å². The molecule has 1 N–H and O–H groups in total. The van der Waals surface area contributed by atoms with Gasteiger partial charge in [-0.15, -0.1) is 0 Å². The topological polar surface area (TPSA) is 24.4 Å². The van der Waals surface area contributed by atoms with Gasteiger partial charge in [0.2, 0.25) is 0 Å². The summed E-state index contributed by atoms with van der Waals surface area (Å²) in [6.07, 6.45) is 9.23. The van der Waals surface area contributed by atoms with Crippen molar-refractivity contribution in [1.29, 1.82) is 0 Å². The predicted octanol–water partition coefficient (Wildman–Crippen LogP) is 3.47. The van der Waals surface area contributed by atoms with Crippen molar-refractivity contribution in [3.8, 4) is 0 Å². The second-order valence-electron chi connectivity index (χ2n) is 5.31. The van der Waals surface area contributed by atoms with E-state index >= 15 is 0 Å². The highest BCUT2D eigenvalue weighted by atomic mass is 15.3. The van der Waals surface area contributed by atoms with Gasteiger partial charge in [0.05, 0.1) is 0 Å². The molecule has 14 heavy (non-hydrogen) atoms. The number of hydrogen-bond acceptors (Lipinski definition) is 2. The van der Waals surface area contributed by atoms with Crippen molar-refractivity contribution in [1.82, 2.24) is 5.43 Å². The molecule has 0 saturated heterocycles. The summed E-state index contributed by atoms with van der Waals surface area (Å²) in [4.78, 5) is 0. The minimum Gasteiger partial charge on any atom is -0.305 e. The summed E-state index contributed by atoms with van der Waals surface area (Å²) in [6.45, 7) is 6.46. The second kappa shape index (κ2) is 5.38. The van der Waals surface area contributed by atoms with E-state index in [0.717, 1.165) is 0 Å². The van der Waals surface area contributed by atoms with Crippen LogP contribution in [0.25, 0.3) is 0 Å². The summed E-state index contributed by atoms with van der Waals surface area (Å²) in [6, 6.07) is 0. The largest absolute Gasteiger partial charge is 0.305 e. The molecule has 0 aliphatic heterocycles. The summed E-state index contributed by atoms with van der Waals surface area (Å²) < 4.78 is 0. The number of nitrogens with one attached hydrogen (secondary N) is 1. The van der Waals surface area contributed by atoms with Gasteiger partial charge in [-0.2, -0.15) is 5.10 Å². The van der Waals surface area contributed by atoms with E-state index in [1.807, 2.05) is 0 Å². The number of hydrogen-bond donors (Lipinski definition) is 1. The molecule has 2 nitrogen and oxygen atoms in total. The highest BCUT2D eigenvalue weighted by Gasteiger charge is 2.09. The Bertz CT molecular complexity index is 179. The van der Waals surface area contributed by atoms with E-state index in [1.165, 1.54) is 50.7 Å². The molecule has 82 valence electrons. The zero-order chi connectivity index (χ0) is 10.4. The maximum Gasteiger partial charge on any atom is 0.0464 e. The third-order valence-electron chi connectivity index (χ3n) is 2.48. The zero-order valence-electron chi connectivity index (χ0n) is 9.90. The molecule has 0 amide bonds. The molecule has 0 aromatic carbocycles. The third kappa shape index (κ3) is 5.25. The average Bonchev–Trinajstić information content (AvgIpc) is 2.00. The molecule has 0 spiro atoms. The minimum absolute atomic E-state index is 0.107. The molecule has 0 heterocycles. The summed E-state index contributed by atoms with van der Waals surface area (Å²) in [5, 5.41) is 4.52. The van der Waals surface area contributed by atoms with Crippen molar-refractivity contribution < 1.29 is 0 Å². The summed E-state index contributed by atoms with van der Waals surface area (Å²) in [7, 11) is 0. The van der Waals surface area contributed by atoms with Gasteiger partial charge >= 0.3 is 0 Å². The Hall–Kier alpha value is -0.530. The molecule has 0 radical (unpaired) electrons. The molecular formula is C12H24N2. The van der Waals surface area contributed by atoms with E-state index in [0.29, 0.717) is 0 Å². The van der Waals surface area contributed by atoms with Gasteiger partial charge in [0.15, 0.2) is 0 Å². The van der Waals surface area contributed by atoms with Crippen molar-refractivity contribution in [3.05, 3.63) is 0 Å². The molecule has 1 aliphatic rings. The molecule has 0 atom stereocenters. The Morgan fingerprint density at radius 2 is 1.43 bits per heavy atom. The van der Waals surface area contributed by atoms with Crippen LogP contribution in [-0.4, -0.2) is 11.3 Å². The lowest BCUT2D eigenvalue weighted by molar-refractivity contribution is 0.438. The van der Waals surface area contributed by atoms with E-state index in [9.17, 15) is 0 Å². The van der Waals surface area contributed by atoms with Crippen LogP contribution in [0, 0.1) is 0 Å². The van der Waals surface area contributed by atoms with Crippen LogP contribution < -0.4 is 5.43 Å². The van der Waals surface area contributed by atoms with Crippen molar-refractivity contribution in [2.45, 2.75) is 71.3 Å². The van der Waals surface area contributed by atoms with Gasteiger partial charge in [-0.3, -0.25) is 0 Å². The number of rotatable bonds is 1. The van der Waals surface area contributed by atoms with Crippen LogP contribution in [0.4, 0.5) is 0 Å².